The van der Waals surface area contributed by atoms with Crippen LogP contribution in [0.5, 0.6) is 0 Å². The van der Waals surface area contributed by atoms with Crippen molar-refractivity contribution in [2.75, 3.05) is 27.2 Å². The molecule has 1 aliphatic rings. The molecule has 0 saturated heterocycles. The van der Waals surface area contributed by atoms with Gasteiger partial charge in [-0.15, -0.1) is 0 Å². The second-order valence-electron chi connectivity index (χ2n) is 5.60. The molecule has 1 N–H and O–H groups in total. The number of rotatable bonds is 4. The van der Waals surface area contributed by atoms with Crippen LogP contribution in [-0.4, -0.2) is 37.1 Å². The molecule has 1 aromatic carbocycles. The maximum absolute atomic E-state index is 5.38. The highest BCUT2D eigenvalue weighted by Gasteiger charge is 2.24. The number of fused-ring (bicyclic) bond motifs is 1. The molecule has 0 fully saturated rings. The van der Waals surface area contributed by atoms with E-state index in [2.05, 4.69) is 55.5 Å². The van der Waals surface area contributed by atoms with Crippen molar-refractivity contribution in [3.05, 3.63) is 35.4 Å². The van der Waals surface area contributed by atoms with Crippen LogP contribution in [0.3, 0.4) is 0 Å². The maximum Gasteiger partial charge on any atom is 0.106 e. The quantitative estimate of drug-likeness (QED) is 0.840. The maximum atomic E-state index is 5.38. The molecule has 1 aliphatic heterocycles. The van der Waals surface area contributed by atoms with Crippen molar-refractivity contribution in [1.29, 1.82) is 0 Å². The van der Waals surface area contributed by atoms with E-state index in [0.29, 0.717) is 11.8 Å². The molecular weight excluding hydrogens is 240 g/mol. The number of thiocarbonyl (C=S) groups is 1. The molecule has 2 unspecified atom stereocenters. The topological polar surface area (TPSA) is 15.3 Å². The fraction of sp³-hybridized carbons (Fsp3) is 0.533. The summed E-state index contributed by atoms with van der Waals surface area (Å²) in [5.41, 5.74) is 2.65. The summed E-state index contributed by atoms with van der Waals surface area (Å²) in [7, 11) is 4.28. The van der Waals surface area contributed by atoms with Crippen LogP contribution in [0.25, 0.3) is 0 Å². The Bertz CT molecular complexity index is 428. The van der Waals surface area contributed by atoms with Crippen LogP contribution in [-0.2, 0) is 0 Å². The fourth-order valence-corrected chi connectivity index (χ4v) is 3.14. The number of nitrogens with zero attached hydrogens (tertiary/aromatic N) is 1. The summed E-state index contributed by atoms with van der Waals surface area (Å²) in [5.74, 6) is 1.29. The Hall–Kier alpha value is -0.930. The van der Waals surface area contributed by atoms with Crippen LogP contribution in [0, 0.1) is 5.92 Å². The highest BCUT2D eigenvalue weighted by atomic mass is 32.1. The van der Waals surface area contributed by atoms with E-state index >= 15 is 0 Å². The lowest BCUT2D eigenvalue weighted by molar-refractivity contribution is 0.313. The summed E-state index contributed by atoms with van der Waals surface area (Å²) >= 11 is 5.38. The SMILES string of the molecule is CC(CC1CNC(=S)c2ccccc21)CN(C)C. The first-order valence-corrected chi connectivity index (χ1v) is 7.00. The highest BCUT2D eigenvalue weighted by Crippen LogP contribution is 2.29. The largest absolute Gasteiger partial charge is 0.375 e. The second kappa shape index (κ2) is 5.81. The van der Waals surface area contributed by atoms with Crippen LogP contribution in [0.4, 0.5) is 0 Å². The Morgan fingerprint density at radius 1 is 1.39 bits per heavy atom. The Morgan fingerprint density at radius 2 is 2.11 bits per heavy atom. The van der Waals surface area contributed by atoms with E-state index < -0.39 is 0 Å². The molecule has 0 saturated carbocycles. The van der Waals surface area contributed by atoms with Crippen molar-refractivity contribution in [3.63, 3.8) is 0 Å². The van der Waals surface area contributed by atoms with E-state index in [9.17, 15) is 0 Å². The molecule has 98 valence electrons. The van der Waals surface area contributed by atoms with Crippen LogP contribution >= 0.6 is 12.2 Å². The van der Waals surface area contributed by atoms with Crippen molar-refractivity contribution in [2.24, 2.45) is 5.92 Å². The molecule has 0 aliphatic carbocycles. The van der Waals surface area contributed by atoms with Crippen molar-refractivity contribution in [1.82, 2.24) is 10.2 Å². The smallest absolute Gasteiger partial charge is 0.106 e. The lowest BCUT2D eigenvalue weighted by Crippen LogP contribution is -2.35. The Kier molecular flexibility index (Phi) is 4.36. The number of hydrogen-bond donors (Lipinski definition) is 1. The van der Waals surface area contributed by atoms with Gasteiger partial charge in [0.1, 0.15) is 4.99 Å². The van der Waals surface area contributed by atoms with Crippen molar-refractivity contribution >= 4 is 17.2 Å². The average Bonchev–Trinajstić information content (AvgIpc) is 2.32. The molecule has 0 amide bonds. The summed E-state index contributed by atoms with van der Waals surface area (Å²) in [5, 5.41) is 3.36. The first-order chi connectivity index (χ1) is 8.58. The van der Waals surface area contributed by atoms with Gasteiger partial charge in [0.15, 0.2) is 0 Å². The Morgan fingerprint density at radius 3 is 2.83 bits per heavy atom. The molecule has 1 heterocycles. The molecule has 2 nitrogen and oxygen atoms in total. The predicted octanol–water partition coefficient (Wildman–Crippen LogP) is 2.64. The predicted molar refractivity (Wildman–Crippen MR) is 81.2 cm³/mol. The Labute approximate surface area is 115 Å². The third-order valence-corrected chi connectivity index (χ3v) is 3.88. The van der Waals surface area contributed by atoms with Gasteiger partial charge in [-0.3, -0.25) is 0 Å². The highest BCUT2D eigenvalue weighted by molar-refractivity contribution is 7.80. The van der Waals surface area contributed by atoms with Crippen molar-refractivity contribution in [3.8, 4) is 0 Å². The van der Waals surface area contributed by atoms with Gasteiger partial charge in [-0.05, 0) is 32.0 Å². The summed E-state index contributed by atoms with van der Waals surface area (Å²) in [6.45, 7) is 4.45. The van der Waals surface area contributed by atoms with Gasteiger partial charge in [0, 0.05) is 24.6 Å². The molecule has 0 bridgehead atoms. The molecule has 3 heteroatoms. The van der Waals surface area contributed by atoms with Crippen molar-refractivity contribution < 1.29 is 0 Å². The van der Waals surface area contributed by atoms with Crippen LogP contribution in [0.2, 0.25) is 0 Å². The van der Waals surface area contributed by atoms with Gasteiger partial charge in [0.05, 0.1) is 0 Å². The summed E-state index contributed by atoms with van der Waals surface area (Å²) in [6.07, 6.45) is 1.21. The van der Waals surface area contributed by atoms with Gasteiger partial charge < -0.3 is 10.2 Å². The monoisotopic (exact) mass is 262 g/mol. The molecule has 2 rings (SSSR count). The van der Waals surface area contributed by atoms with Crippen LogP contribution in [0.1, 0.15) is 30.4 Å². The molecule has 0 aromatic heterocycles. The van der Waals surface area contributed by atoms with E-state index in [-0.39, 0.29) is 0 Å². The van der Waals surface area contributed by atoms with E-state index in [0.717, 1.165) is 18.1 Å². The zero-order valence-corrected chi connectivity index (χ0v) is 12.3. The Balaban J connectivity index is 2.11. The van der Waals surface area contributed by atoms with Gasteiger partial charge in [-0.25, -0.2) is 0 Å². The summed E-state index contributed by atoms with van der Waals surface area (Å²) < 4.78 is 0. The van der Waals surface area contributed by atoms with Gasteiger partial charge in [0.25, 0.3) is 0 Å². The number of nitrogens with one attached hydrogen (secondary N) is 1. The first-order valence-electron chi connectivity index (χ1n) is 6.59. The third-order valence-electron chi connectivity index (χ3n) is 3.52. The minimum Gasteiger partial charge on any atom is -0.375 e. The fourth-order valence-electron chi connectivity index (χ4n) is 2.87. The second-order valence-corrected chi connectivity index (χ2v) is 6.01. The van der Waals surface area contributed by atoms with Crippen LogP contribution in [0.15, 0.2) is 24.3 Å². The molecule has 2 atom stereocenters. The van der Waals surface area contributed by atoms with Crippen LogP contribution < -0.4 is 5.32 Å². The molecule has 0 spiro atoms. The number of benzene rings is 1. The molecule has 0 radical (unpaired) electrons. The normalized spacial score (nSPS) is 20.4. The minimum absolute atomic E-state index is 0.586. The van der Waals surface area contributed by atoms with Gasteiger partial charge >= 0.3 is 0 Å². The van der Waals surface area contributed by atoms with E-state index in [1.165, 1.54) is 17.5 Å². The average molecular weight is 262 g/mol. The minimum atomic E-state index is 0.586. The molecule has 1 aromatic rings. The summed E-state index contributed by atoms with van der Waals surface area (Å²) in [4.78, 5) is 3.17. The standard InChI is InChI=1S/C15H22N2S/c1-11(10-17(2)3)8-12-9-16-15(18)14-7-5-4-6-13(12)14/h4-7,11-12H,8-10H2,1-3H3,(H,16,18). The zero-order valence-electron chi connectivity index (χ0n) is 11.4. The first kappa shape index (κ1) is 13.5. The lowest BCUT2D eigenvalue weighted by atomic mass is 9.84. The molecular formula is C15H22N2S. The zero-order chi connectivity index (χ0) is 13.1. The lowest BCUT2D eigenvalue weighted by Gasteiger charge is -2.30. The van der Waals surface area contributed by atoms with Gasteiger partial charge in [-0.2, -0.15) is 0 Å². The van der Waals surface area contributed by atoms with Gasteiger partial charge in [0.2, 0.25) is 0 Å². The van der Waals surface area contributed by atoms with E-state index in [1.54, 1.807) is 0 Å². The third kappa shape index (κ3) is 3.09. The van der Waals surface area contributed by atoms with Crippen molar-refractivity contribution in [2.45, 2.75) is 19.3 Å². The van der Waals surface area contributed by atoms with Gasteiger partial charge in [-0.1, -0.05) is 43.4 Å². The molecule has 18 heavy (non-hydrogen) atoms. The van der Waals surface area contributed by atoms with E-state index in [1.807, 2.05) is 0 Å². The summed E-state index contributed by atoms with van der Waals surface area (Å²) in [6, 6.07) is 8.55. The number of hydrogen-bond acceptors (Lipinski definition) is 2. The van der Waals surface area contributed by atoms with E-state index in [4.69, 9.17) is 12.2 Å².